The lowest BCUT2D eigenvalue weighted by Crippen LogP contribution is -2.23. The van der Waals surface area contributed by atoms with Crippen molar-refractivity contribution in [1.82, 2.24) is 4.90 Å². The second-order valence-corrected chi connectivity index (χ2v) is 3.58. The van der Waals surface area contributed by atoms with E-state index in [9.17, 15) is 0 Å². The molecule has 0 aliphatic carbocycles. The van der Waals surface area contributed by atoms with Crippen molar-refractivity contribution in [3.05, 3.63) is 55.1 Å². The predicted molar refractivity (Wildman–Crippen MR) is 68.7 cm³/mol. The summed E-state index contributed by atoms with van der Waals surface area (Å²) in [6, 6.07) is 8.07. The molecule has 0 bridgehead atoms. The fraction of sp³-hybridized carbons (Fsp3) is 0.286. The first kappa shape index (κ1) is 12.5. The number of benzene rings is 1. The van der Waals surface area contributed by atoms with E-state index in [1.165, 1.54) is 5.56 Å². The van der Waals surface area contributed by atoms with Gasteiger partial charge in [0.1, 0.15) is 5.75 Å². The summed E-state index contributed by atoms with van der Waals surface area (Å²) in [6.45, 7) is 10.1. The Morgan fingerprint density at radius 1 is 1.19 bits per heavy atom. The number of hydrogen-bond donors (Lipinski definition) is 0. The van der Waals surface area contributed by atoms with Gasteiger partial charge in [-0.2, -0.15) is 0 Å². The third kappa shape index (κ3) is 3.55. The van der Waals surface area contributed by atoms with Crippen molar-refractivity contribution in [1.29, 1.82) is 0 Å². The molecule has 86 valence electrons. The molecule has 0 saturated heterocycles. The minimum absolute atomic E-state index is 0.849. The maximum Gasteiger partial charge on any atom is 0.123 e. The molecule has 0 N–H and O–H groups in total. The molecule has 1 aromatic rings. The predicted octanol–water partition coefficient (Wildman–Crippen LogP) is 2.87. The first-order valence-electron chi connectivity index (χ1n) is 5.37. The first-order valence-corrected chi connectivity index (χ1v) is 5.37. The summed E-state index contributed by atoms with van der Waals surface area (Å²) < 4.78 is 5.32. The summed E-state index contributed by atoms with van der Waals surface area (Å²) in [5, 5.41) is 0. The summed E-state index contributed by atoms with van der Waals surface area (Å²) in [4.78, 5) is 2.25. The van der Waals surface area contributed by atoms with Crippen molar-refractivity contribution in [2.45, 2.75) is 6.54 Å². The summed E-state index contributed by atoms with van der Waals surface area (Å²) in [5.74, 6) is 0.931. The van der Waals surface area contributed by atoms with Gasteiger partial charge in [-0.15, -0.1) is 13.2 Å². The number of rotatable bonds is 7. The number of methoxy groups -OCH3 is 1. The number of nitrogens with zero attached hydrogens (tertiary/aromatic N) is 1. The van der Waals surface area contributed by atoms with E-state index in [1.807, 2.05) is 30.4 Å². The van der Waals surface area contributed by atoms with Crippen LogP contribution in [0.3, 0.4) is 0 Å². The maximum atomic E-state index is 5.32. The van der Waals surface area contributed by atoms with Gasteiger partial charge in [0.15, 0.2) is 0 Å². The SMILES string of the molecule is C=CCN(CC=C)Cc1ccccc1OC. The highest BCUT2D eigenvalue weighted by atomic mass is 16.5. The van der Waals surface area contributed by atoms with E-state index in [2.05, 4.69) is 24.1 Å². The molecule has 0 radical (unpaired) electrons. The Hall–Kier alpha value is -1.54. The topological polar surface area (TPSA) is 12.5 Å². The van der Waals surface area contributed by atoms with Crippen molar-refractivity contribution in [3.8, 4) is 5.75 Å². The Morgan fingerprint density at radius 3 is 2.38 bits per heavy atom. The van der Waals surface area contributed by atoms with Crippen molar-refractivity contribution in [3.63, 3.8) is 0 Å². The molecular weight excluding hydrogens is 198 g/mol. The second-order valence-electron chi connectivity index (χ2n) is 3.58. The second kappa shape index (κ2) is 6.85. The largest absolute Gasteiger partial charge is 0.496 e. The van der Waals surface area contributed by atoms with Crippen LogP contribution in [0.1, 0.15) is 5.56 Å². The lowest BCUT2D eigenvalue weighted by molar-refractivity contribution is 0.318. The molecule has 1 aromatic carbocycles. The minimum Gasteiger partial charge on any atom is -0.496 e. The summed E-state index contributed by atoms with van der Waals surface area (Å²) in [6.07, 6.45) is 3.80. The minimum atomic E-state index is 0.849. The maximum absolute atomic E-state index is 5.32. The highest BCUT2D eigenvalue weighted by Gasteiger charge is 2.06. The lowest BCUT2D eigenvalue weighted by atomic mass is 10.2. The van der Waals surface area contributed by atoms with Gasteiger partial charge in [0, 0.05) is 25.2 Å². The average Bonchev–Trinajstić information content (AvgIpc) is 2.30. The van der Waals surface area contributed by atoms with E-state index >= 15 is 0 Å². The van der Waals surface area contributed by atoms with Gasteiger partial charge < -0.3 is 4.74 Å². The molecule has 0 saturated carbocycles. The van der Waals surface area contributed by atoms with Crippen LogP contribution in [0, 0.1) is 0 Å². The number of hydrogen-bond acceptors (Lipinski definition) is 2. The summed E-state index contributed by atoms with van der Waals surface area (Å²) in [7, 11) is 1.70. The molecule has 0 aromatic heterocycles. The van der Waals surface area contributed by atoms with Gasteiger partial charge >= 0.3 is 0 Å². The van der Waals surface area contributed by atoms with Crippen LogP contribution in [0.25, 0.3) is 0 Å². The monoisotopic (exact) mass is 217 g/mol. The van der Waals surface area contributed by atoms with Crippen molar-refractivity contribution in [2.24, 2.45) is 0 Å². The molecule has 0 aliphatic rings. The number of ether oxygens (including phenoxy) is 1. The summed E-state index contributed by atoms with van der Waals surface area (Å²) in [5.41, 5.74) is 1.19. The molecule has 0 atom stereocenters. The molecule has 0 amide bonds. The van der Waals surface area contributed by atoms with E-state index in [4.69, 9.17) is 4.74 Å². The van der Waals surface area contributed by atoms with Crippen LogP contribution >= 0.6 is 0 Å². The Bertz CT molecular complexity index is 336. The van der Waals surface area contributed by atoms with Gasteiger partial charge in [-0.3, -0.25) is 4.90 Å². The molecule has 0 aliphatic heterocycles. The van der Waals surface area contributed by atoms with Gasteiger partial charge in [0.25, 0.3) is 0 Å². The number of para-hydroxylation sites is 1. The first-order chi connectivity index (χ1) is 7.81. The Balaban J connectivity index is 2.75. The van der Waals surface area contributed by atoms with E-state index in [1.54, 1.807) is 7.11 Å². The van der Waals surface area contributed by atoms with E-state index in [-0.39, 0.29) is 0 Å². The zero-order chi connectivity index (χ0) is 11.8. The van der Waals surface area contributed by atoms with Crippen LogP contribution in [0.15, 0.2) is 49.6 Å². The van der Waals surface area contributed by atoms with Crippen LogP contribution in [0.4, 0.5) is 0 Å². The highest BCUT2D eigenvalue weighted by molar-refractivity contribution is 5.33. The zero-order valence-corrected chi connectivity index (χ0v) is 9.86. The third-order valence-electron chi connectivity index (χ3n) is 2.36. The lowest BCUT2D eigenvalue weighted by Gasteiger charge is -2.20. The third-order valence-corrected chi connectivity index (χ3v) is 2.36. The van der Waals surface area contributed by atoms with Gasteiger partial charge in [0.2, 0.25) is 0 Å². The summed E-state index contributed by atoms with van der Waals surface area (Å²) >= 11 is 0. The van der Waals surface area contributed by atoms with Crippen molar-refractivity contribution < 1.29 is 4.74 Å². The van der Waals surface area contributed by atoms with Gasteiger partial charge in [0.05, 0.1) is 7.11 Å². The quantitative estimate of drug-likeness (QED) is 0.651. The molecule has 0 heterocycles. The Labute approximate surface area is 97.8 Å². The normalized spacial score (nSPS) is 10.1. The average molecular weight is 217 g/mol. The van der Waals surface area contributed by atoms with E-state index in [0.29, 0.717) is 0 Å². The van der Waals surface area contributed by atoms with Gasteiger partial charge in [-0.1, -0.05) is 30.4 Å². The molecule has 1 rings (SSSR count). The molecule has 2 heteroatoms. The Morgan fingerprint density at radius 2 is 1.81 bits per heavy atom. The van der Waals surface area contributed by atoms with Crippen LogP contribution in [0.2, 0.25) is 0 Å². The van der Waals surface area contributed by atoms with Crippen molar-refractivity contribution >= 4 is 0 Å². The van der Waals surface area contributed by atoms with Gasteiger partial charge in [-0.25, -0.2) is 0 Å². The van der Waals surface area contributed by atoms with Crippen molar-refractivity contribution in [2.75, 3.05) is 20.2 Å². The molecule has 0 spiro atoms. The smallest absolute Gasteiger partial charge is 0.123 e. The Kier molecular flexibility index (Phi) is 5.37. The molecule has 0 unspecified atom stereocenters. The standard InChI is InChI=1S/C14H19NO/c1-4-10-15(11-5-2)12-13-8-6-7-9-14(13)16-3/h4-9H,1-2,10-12H2,3H3. The molecule has 2 nitrogen and oxygen atoms in total. The molecule has 16 heavy (non-hydrogen) atoms. The van der Waals surface area contributed by atoms with E-state index < -0.39 is 0 Å². The molecular formula is C14H19NO. The zero-order valence-electron chi connectivity index (χ0n) is 9.86. The van der Waals surface area contributed by atoms with Gasteiger partial charge in [-0.05, 0) is 6.07 Å². The van der Waals surface area contributed by atoms with Crippen LogP contribution < -0.4 is 4.74 Å². The van der Waals surface area contributed by atoms with Crippen LogP contribution in [-0.2, 0) is 6.54 Å². The molecule has 0 fully saturated rings. The fourth-order valence-corrected chi connectivity index (χ4v) is 1.64. The highest BCUT2D eigenvalue weighted by Crippen LogP contribution is 2.19. The van der Waals surface area contributed by atoms with Crippen LogP contribution in [-0.4, -0.2) is 25.1 Å². The van der Waals surface area contributed by atoms with Crippen LogP contribution in [0.5, 0.6) is 5.75 Å². The fourth-order valence-electron chi connectivity index (χ4n) is 1.64. The van der Waals surface area contributed by atoms with E-state index in [0.717, 1.165) is 25.4 Å².